The largest absolute Gasteiger partial charge is 0.497 e. The molecule has 5 nitrogen and oxygen atoms in total. The highest BCUT2D eigenvalue weighted by Gasteiger charge is 2.58. The Kier molecular flexibility index (Phi) is 5.61. The van der Waals surface area contributed by atoms with E-state index in [1.54, 1.807) is 7.11 Å². The first-order valence-corrected chi connectivity index (χ1v) is 13.1. The molecule has 5 rings (SSSR count). The van der Waals surface area contributed by atoms with Crippen LogP contribution in [0.2, 0.25) is 0 Å². The van der Waals surface area contributed by atoms with Gasteiger partial charge >= 0.3 is 0 Å². The number of ether oxygens (including phenoxy) is 1. The summed E-state index contributed by atoms with van der Waals surface area (Å²) in [5.74, 6) is 1.75. The number of piperidine rings is 1. The average molecular weight is 465 g/mol. The van der Waals surface area contributed by atoms with E-state index >= 15 is 0 Å². The van der Waals surface area contributed by atoms with Gasteiger partial charge in [-0.05, 0) is 93.2 Å². The number of rotatable bonds is 4. The zero-order valence-corrected chi connectivity index (χ0v) is 21.4. The number of carbonyl (C=O) groups is 2. The maximum atomic E-state index is 13.5. The van der Waals surface area contributed by atoms with Crippen molar-refractivity contribution in [2.75, 3.05) is 7.11 Å². The number of fused-ring (bicyclic) bond motifs is 5. The van der Waals surface area contributed by atoms with Crippen molar-refractivity contribution in [3.8, 4) is 5.75 Å². The van der Waals surface area contributed by atoms with E-state index in [2.05, 4.69) is 30.6 Å². The van der Waals surface area contributed by atoms with Crippen molar-refractivity contribution in [1.29, 1.82) is 0 Å². The lowest BCUT2D eigenvalue weighted by atomic mass is 9.49. The zero-order valence-electron chi connectivity index (χ0n) is 21.4. The number of hydrogen-bond acceptors (Lipinski definition) is 3. The lowest BCUT2D eigenvalue weighted by Crippen LogP contribution is -2.58. The van der Waals surface area contributed by atoms with Crippen LogP contribution in [0.5, 0.6) is 5.75 Å². The number of benzene rings is 1. The van der Waals surface area contributed by atoms with Crippen molar-refractivity contribution in [3.05, 3.63) is 41.6 Å². The van der Waals surface area contributed by atoms with Gasteiger partial charge in [0.25, 0.3) is 0 Å². The van der Waals surface area contributed by atoms with Gasteiger partial charge in [0.1, 0.15) is 11.7 Å². The molecule has 34 heavy (non-hydrogen) atoms. The second-order valence-electron chi connectivity index (χ2n) is 12.3. The smallest absolute Gasteiger partial charge is 0.236 e. The predicted octanol–water partition coefficient (Wildman–Crippen LogP) is 5.31. The van der Waals surface area contributed by atoms with Crippen LogP contribution in [0.3, 0.4) is 0 Å². The molecule has 3 fully saturated rings. The van der Waals surface area contributed by atoms with Gasteiger partial charge in [-0.1, -0.05) is 38.5 Å². The Balaban J connectivity index is 1.36. The van der Waals surface area contributed by atoms with Crippen LogP contribution in [0.4, 0.5) is 0 Å². The molecule has 1 unspecified atom stereocenters. The van der Waals surface area contributed by atoms with Gasteiger partial charge < -0.3 is 15.4 Å². The quantitative estimate of drug-likeness (QED) is 0.594. The molecule has 1 aliphatic heterocycles. The molecule has 1 aromatic carbocycles. The van der Waals surface area contributed by atoms with E-state index in [0.29, 0.717) is 23.7 Å². The van der Waals surface area contributed by atoms with Gasteiger partial charge in [-0.2, -0.15) is 0 Å². The molecule has 0 spiro atoms. The second-order valence-corrected chi connectivity index (χ2v) is 12.3. The highest BCUT2D eigenvalue weighted by molar-refractivity contribution is 6.02. The van der Waals surface area contributed by atoms with Gasteiger partial charge in [-0.3, -0.25) is 9.59 Å². The Bertz CT molecular complexity index is 1010. The van der Waals surface area contributed by atoms with Crippen LogP contribution in [0.25, 0.3) is 0 Å². The minimum Gasteiger partial charge on any atom is -0.497 e. The van der Waals surface area contributed by atoms with E-state index in [4.69, 9.17) is 4.74 Å². The third-order valence-electron chi connectivity index (χ3n) is 10.0. The van der Waals surface area contributed by atoms with E-state index in [0.717, 1.165) is 29.3 Å². The molecule has 5 heteroatoms. The van der Waals surface area contributed by atoms with Gasteiger partial charge in [0, 0.05) is 11.1 Å². The standard InChI is InChI=1S/C29H40N2O3/c1-27(2,18-8-10-19(34-5)11-9-18)31-26(33)21-17-29(4)23-14-16-28(3)15-6-7-22(28)20(23)12-13-24(29)30-25(21)32/h8-11,13,20-23H,6-7,12,14-17H2,1-5H3,(H,30,32)(H,31,33)/t20-,21?,22-,23+,28-,29+/m0/s1. The summed E-state index contributed by atoms with van der Waals surface area (Å²) in [6.07, 6.45) is 10.5. The van der Waals surface area contributed by atoms with E-state index < -0.39 is 11.5 Å². The number of nitrogens with one attached hydrogen (secondary N) is 2. The van der Waals surface area contributed by atoms with Gasteiger partial charge in [0.15, 0.2) is 0 Å². The van der Waals surface area contributed by atoms with Gasteiger partial charge in [-0.15, -0.1) is 0 Å². The lowest BCUT2D eigenvalue weighted by molar-refractivity contribution is -0.141. The third-order valence-corrected chi connectivity index (χ3v) is 10.0. The summed E-state index contributed by atoms with van der Waals surface area (Å²) in [5.41, 5.74) is 1.80. The Hall–Kier alpha value is -2.30. The maximum Gasteiger partial charge on any atom is 0.236 e. The molecule has 184 valence electrons. The minimum absolute atomic E-state index is 0.146. The molecule has 4 aliphatic rings. The number of amides is 2. The van der Waals surface area contributed by atoms with Crippen LogP contribution in [0.1, 0.15) is 78.2 Å². The number of methoxy groups -OCH3 is 1. The average Bonchev–Trinajstić information content (AvgIpc) is 3.20. The zero-order chi connectivity index (χ0) is 24.3. The van der Waals surface area contributed by atoms with Gasteiger partial charge in [-0.25, -0.2) is 0 Å². The highest BCUT2D eigenvalue weighted by Crippen LogP contribution is 2.64. The molecule has 0 bridgehead atoms. The van der Waals surface area contributed by atoms with Crippen LogP contribution in [0, 0.1) is 34.5 Å². The van der Waals surface area contributed by atoms with E-state index in [9.17, 15) is 9.59 Å². The summed E-state index contributed by atoms with van der Waals surface area (Å²) in [7, 11) is 1.64. The van der Waals surface area contributed by atoms with Crippen LogP contribution < -0.4 is 15.4 Å². The lowest BCUT2D eigenvalue weighted by Gasteiger charge is -2.57. The highest BCUT2D eigenvalue weighted by atomic mass is 16.5. The summed E-state index contributed by atoms with van der Waals surface area (Å²) in [6, 6.07) is 7.73. The predicted molar refractivity (Wildman–Crippen MR) is 133 cm³/mol. The summed E-state index contributed by atoms with van der Waals surface area (Å²) < 4.78 is 5.26. The van der Waals surface area contributed by atoms with Crippen molar-refractivity contribution in [3.63, 3.8) is 0 Å². The Morgan fingerprint density at radius 1 is 1.12 bits per heavy atom. The van der Waals surface area contributed by atoms with Crippen molar-refractivity contribution in [1.82, 2.24) is 10.6 Å². The molecule has 0 aromatic heterocycles. The van der Waals surface area contributed by atoms with Crippen LogP contribution in [0.15, 0.2) is 36.0 Å². The SMILES string of the molecule is COc1ccc(C(C)(C)NC(=O)C2C[C@@]3(C)C(=CC[C@@H]4[C@H]3CC[C@]3(C)CCC[C@@H]43)NC2=O)cc1. The first-order chi connectivity index (χ1) is 16.1. The van der Waals surface area contributed by atoms with Crippen molar-refractivity contribution in [2.24, 2.45) is 34.5 Å². The fourth-order valence-corrected chi connectivity index (χ4v) is 7.97. The molecule has 2 saturated carbocycles. The summed E-state index contributed by atoms with van der Waals surface area (Å²) in [4.78, 5) is 26.6. The Labute approximate surface area is 204 Å². The topological polar surface area (TPSA) is 67.4 Å². The summed E-state index contributed by atoms with van der Waals surface area (Å²) in [6.45, 7) is 8.78. The fraction of sp³-hybridized carbons (Fsp3) is 0.655. The molecular weight excluding hydrogens is 424 g/mol. The van der Waals surface area contributed by atoms with Crippen molar-refractivity contribution in [2.45, 2.75) is 78.2 Å². The number of carbonyl (C=O) groups excluding carboxylic acids is 2. The second kappa shape index (κ2) is 8.13. The van der Waals surface area contributed by atoms with Crippen LogP contribution in [-0.2, 0) is 15.1 Å². The molecule has 1 saturated heterocycles. The molecule has 1 aromatic rings. The summed E-state index contributed by atoms with van der Waals surface area (Å²) >= 11 is 0. The van der Waals surface area contributed by atoms with Gasteiger partial charge in [0.05, 0.1) is 12.6 Å². The van der Waals surface area contributed by atoms with E-state index in [1.165, 1.54) is 32.1 Å². The molecule has 6 atom stereocenters. The summed E-state index contributed by atoms with van der Waals surface area (Å²) in [5, 5.41) is 6.36. The molecular formula is C29H40N2O3. The Morgan fingerprint density at radius 3 is 2.56 bits per heavy atom. The molecule has 1 heterocycles. The van der Waals surface area contributed by atoms with Crippen LogP contribution in [-0.4, -0.2) is 18.9 Å². The first kappa shape index (κ1) is 23.4. The third kappa shape index (κ3) is 3.67. The van der Waals surface area contributed by atoms with Crippen molar-refractivity contribution >= 4 is 11.8 Å². The minimum atomic E-state index is -0.671. The first-order valence-electron chi connectivity index (χ1n) is 13.1. The normalized spacial score (nSPS) is 37.0. The number of allylic oxidation sites excluding steroid dienone is 2. The number of hydrogen-bond donors (Lipinski definition) is 2. The van der Waals surface area contributed by atoms with Gasteiger partial charge in [0.2, 0.25) is 11.8 Å². The van der Waals surface area contributed by atoms with Crippen LogP contribution >= 0.6 is 0 Å². The molecule has 0 radical (unpaired) electrons. The van der Waals surface area contributed by atoms with E-state index in [1.807, 2.05) is 38.1 Å². The monoisotopic (exact) mass is 464 g/mol. The molecule has 3 aliphatic carbocycles. The maximum absolute atomic E-state index is 13.5. The Morgan fingerprint density at radius 2 is 1.85 bits per heavy atom. The molecule has 2 amide bonds. The fourth-order valence-electron chi connectivity index (χ4n) is 7.97. The molecule has 2 N–H and O–H groups in total. The van der Waals surface area contributed by atoms with E-state index in [-0.39, 0.29) is 17.2 Å². The van der Waals surface area contributed by atoms with Crippen molar-refractivity contribution < 1.29 is 14.3 Å².